The van der Waals surface area contributed by atoms with Gasteiger partial charge in [-0.1, -0.05) is 78.6 Å². The van der Waals surface area contributed by atoms with Crippen LogP contribution < -0.4 is 5.32 Å². The minimum Gasteiger partial charge on any atom is -0.359 e. The van der Waals surface area contributed by atoms with Gasteiger partial charge in [0.05, 0.1) is 0 Å². The SMILES string of the molecule is CCCCCCCCCCCC(CC)(CC)C(=O)NC. The predicted octanol–water partition coefficient (Wildman–Crippen LogP) is 5.46. The number of hydrogen-bond acceptors (Lipinski definition) is 1. The van der Waals surface area contributed by atoms with Crippen molar-refractivity contribution in [3.05, 3.63) is 0 Å². The highest BCUT2D eigenvalue weighted by Crippen LogP contribution is 2.33. The molecular formula is C18H37NO. The van der Waals surface area contributed by atoms with Gasteiger partial charge in [0, 0.05) is 12.5 Å². The maximum Gasteiger partial charge on any atom is 0.225 e. The van der Waals surface area contributed by atoms with Gasteiger partial charge >= 0.3 is 0 Å². The van der Waals surface area contributed by atoms with Crippen molar-refractivity contribution in [1.29, 1.82) is 0 Å². The number of amides is 1. The molecule has 0 aromatic rings. The van der Waals surface area contributed by atoms with Crippen molar-refractivity contribution in [2.24, 2.45) is 5.41 Å². The van der Waals surface area contributed by atoms with E-state index >= 15 is 0 Å². The number of rotatable bonds is 13. The highest BCUT2D eigenvalue weighted by Gasteiger charge is 2.33. The Hall–Kier alpha value is -0.530. The summed E-state index contributed by atoms with van der Waals surface area (Å²) in [7, 11) is 1.76. The molecule has 0 aromatic carbocycles. The van der Waals surface area contributed by atoms with Crippen LogP contribution in [-0.2, 0) is 4.79 Å². The lowest BCUT2D eigenvalue weighted by Gasteiger charge is -2.29. The Kier molecular flexibility index (Phi) is 11.9. The molecule has 0 unspecified atom stereocenters. The second-order valence-electron chi connectivity index (χ2n) is 6.14. The molecule has 0 radical (unpaired) electrons. The van der Waals surface area contributed by atoms with Gasteiger partial charge in [-0.2, -0.15) is 0 Å². The molecule has 2 heteroatoms. The minimum absolute atomic E-state index is 0.115. The number of carbonyl (C=O) groups is 1. The largest absolute Gasteiger partial charge is 0.359 e. The van der Waals surface area contributed by atoms with Crippen LogP contribution in [0, 0.1) is 5.41 Å². The quantitative estimate of drug-likeness (QED) is 0.447. The summed E-state index contributed by atoms with van der Waals surface area (Å²) < 4.78 is 0. The third kappa shape index (κ3) is 7.31. The highest BCUT2D eigenvalue weighted by molar-refractivity contribution is 5.82. The normalized spacial score (nSPS) is 11.6. The molecule has 0 atom stereocenters. The summed E-state index contributed by atoms with van der Waals surface area (Å²) in [6, 6.07) is 0. The maximum atomic E-state index is 12.1. The van der Waals surface area contributed by atoms with Crippen molar-refractivity contribution in [1.82, 2.24) is 5.32 Å². The maximum absolute atomic E-state index is 12.1. The molecule has 1 N–H and O–H groups in total. The van der Waals surface area contributed by atoms with E-state index in [1.54, 1.807) is 7.05 Å². The third-order valence-corrected chi connectivity index (χ3v) is 4.82. The first-order valence-corrected chi connectivity index (χ1v) is 8.89. The standard InChI is InChI=1S/C18H37NO/c1-5-8-9-10-11-12-13-14-15-16-18(6-2,7-3)17(20)19-4/h5-16H2,1-4H3,(H,19,20). The molecule has 0 aliphatic carbocycles. The second kappa shape index (κ2) is 12.2. The Morgan fingerprint density at radius 2 is 1.25 bits per heavy atom. The molecular weight excluding hydrogens is 246 g/mol. The van der Waals surface area contributed by atoms with E-state index in [9.17, 15) is 4.79 Å². The van der Waals surface area contributed by atoms with Crippen LogP contribution >= 0.6 is 0 Å². The molecule has 2 nitrogen and oxygen atoms in total. The Morgan fingerprint density at radius 1 is 0.800 bits per heavy atom. The van der Waals surface area contributed by atoms with Crippen molar-refractivity contribution in [3.63, 3.8) is 0 Å². The van der Waals surface area contributed by atoms with Crippen LogP contribution in [0.5, 0.6) is 0 Å². The Balaban J connectivity index is 3.72. The smallest absolute Gasteiger partial charge is 0.225 e. The van der Waals surface area contributed by atoms with Crippen molar-refractivity contribution < 1.29 is 4.79 Å². The highest BCUT2D eigenvalue weighted by atomic mass is 16.2. The molecule has 0 aliphatic heterocycles. The zero-order valence-corrected chi connectivity index (χ0v) is 14.4. The van der Waals surface area contributed by atoms with Gasteiger partial charge in [0.1, 0.15) is 0 Å². The average Bonchev–Trinajstić information content (AvgIpc) is 2.49. The summed E-state index contributed by atoms with van der Waals surface area (Å²) >= 11 is 0. The number of carbonyl (C=O) groups excluding carboxylic acids is 1. The zero-order chi connectivity index (χ0) is 15.3. The minimum atomic E-state index is -0.115. The van der Waals surface area contributed by atoms with Gasteiger partial charge in [-0.15, -0.1) is 0 Å². The van der Waals surface area contributed by atoms with E-state index in [4.69, 9.17) is 0 Å². The van der Waals surface area contributed by atoms with Gasteiger partial charge in [-0.3, -0.25) is 4.79 Å². The van der Waals surface area contributed by atoms with Crippen LogP contribution in [0.3, 0.4) is 0 Å². The van der Waals surface area contributed by atoms with Crippen LogP contribution in [0.25, 0.3) is 0 Å². The van der Waals surface area contributed by atoms with E-state index in [0.717, 1.165) is 19.3 Å². The van der Waals surface area contributed by atoms with E-state index in [1.807, 2.05) is 0 Å². The van der Waals surface area contributed by atoms with E-state index < -0.39 is 0 Å². The summed E-state index contributed by atoms with van der Waals surface area (Å²) in [6.45, 7) is 6.55. The summed E-state index contributed by atoms with van der Waals surface area (Å²) in [5.74, 6) is 0.238. The molecule has 20 heavy (non-hydrogen) atoms. The number of unbranched alkanes of at least 4 members (excludes halogenated alkanes) is 8. The zero-order valence-electron chi connectivity index (χ0n) is 14.4. The van der Waals surface area contributed by atoms with E-state index in [2.05, 4.69) is 26.1 Å². The van der Waals surface area contributed by atoms with Crippen LogP contribution in [0.1, 0.15) is 97.8 Å². The first-order valence-electron chi connectivity index (χ1n) is 8.89. The Bertz CT molecular complexity index is 234. The molecule has 120 valence electrons. The van der Waals surface area contributed by atoms with E-state index in [1.165, 1.54) is 57.8 Å². The number of hydrogen-bond donors (Lipinski definition) is 1. The van der Waals surface area contributed by atoms with Crippen LogP contribution in [0.2, 0.25) is 0 Å². The molecule has 0 saturated carbocycles. The van der Waals surface area contributed by atoms with Gasteiger partial charge in [-0.05, 0) is 19.3 Å². The Morgan fingerprint density at radius 3 is 1.65 bits per heavy atom. The van der Waals surface area contributed by atoms with Crippen molar-refractivity contribution >= 4 is 5.91 Å². The Labute approximate surface area is 127 Å². The summed E-state index contributed by atoms with van der Waals surface area (Å²) in [4.78, 5) is 12.1. The summed E-state index contributed by atoms with van der Waals surface area (Å²) in [5, 5.41) is 2.85. The lowest BCUT2D eigenvalue weighted by molar-refractivity contribution is -0.131. The molecule has 0 aromatic heterocycles. The first-order chi connectivity index (χ1) is 9.66. The summed E-state index contributed by atoms with van der Waals surface area (Å²) in [5.41, 5.74) is -0.115. The molecule has 1 amide bonds. The van der Waals surface area contributed by atoms with Crippen molar-refractivity contribution in [2.45, 2.75) is 97.8 Å². The van der Waals surface area contributed by atoms with Gasteiger partial charge in [-0.25, -0.2) is 0 Å². The van der Waals surface area contributed by atoms with Crippen molar-refractivity contribution in [3.8, 4) is 0 Å². The molecule has 0 rings (SSSR count). The van der Waals surface area contributed by atoms with Gasteiger partial charge in [0.2, 0.25) is 5.91 Å². The fraction of sp³-hybridized carbons (Fsp3) is 0.944. The molecule has 0 fully saturated rings. The fourth-order valence-electron chi connectivity index (χ4n) is 3.08. The first kappa shape index (κ1) is 19.5. The topological polar surface area (TPSA) is 29.1 Å². The molecule has 0 spiro atoms. The summed E-state index contributed by atoms with van der Waals surface area (Å²) in [6.07, 6.45) is 15.1. The van der Waals surface area contributed by atoms with Crippen LogP contribution in [0.4, 0.5) is 0 Å². The van der Waals surface area contributed by atoms with Crippen molar-refractivity contribution in [2.75, 3.05) is 7.05 Å². The van der Waals surface area contributed by atoms with Gasteiger partial charge in [0.25, 0.3) is 0 Å². The lowest BCUT2D eigenvalue weighted by atomic mass is 9.77. The van der Waals surface area contributed by atoms with Crippen LogP contribution in [0.15, 0.2) is 0 Å². The molecule has 0 heterocycles. The predicted molar refractivity (Wildman–Crippen MR) is 88.9 cm³/mol. The molecule has 0 aliphatic rings. The van der Waals surface area contributed by atoms with E-state index in [-0.39, 0.29) is 11.3 Å². The van der Waals surface area contributed by atoms with Crippen LogP contribution in [-0.4, -0.2) is 13.0 Å². The molecule has 0 saturated heterocycles. The van der Waals surface area contributed by atoms with Gasteiger partial charge in [0.15, 0.2) is 0 Å². The second-order valence-corrected chi connectivity index (χ2v) is 6.14. The third-order valence-electron chi connectivity index (χ3n) is 4.82. The fourth-order valence-corrected chi connectivity index (χ4v) is 3.08. The monoisotopic (exact) mass is 283 g/mol. The molecule has 0 bridgehead atoms. The van der Waals surface area contributed by atoms with E-state index in [0.29, 0.717) is 0 Å². The lowest BCUT2D eigenvalue weighted by Crippen LogP contribution is -2.38. The number of nitrogens with one attached hydrogen (secondary N) is 1. The van der Waals surface area contributed by atoms with Gasteiger partial charge < -0.3 is 5.32 Å². The average molecular weight is 283 g/mol.